The van der Waals surface area contributed by atoms with Gasteiger partial charge in [-0.25, -0.2) is 9.13 Å². The van der Waals surface area contributed by atoms with Gasteiger partial charge in [0.2, 0.25) is 0 Å². The van der Waals surface area contributed by atoms with E-state index in [9.17, 15) is 43.2 Å². The summed E-state index contributed by atoms with van der Waals surface area (Å²) in [6.07, 6.45) is 47.2. The molecule has 0 spiro atoms. The third-order valence-corrected chi connectivity index (χ3v) is 18.5. The van der Waals surface area contributed by atoms with Gasteiger partial charge in [-0.15, -0.1) is 0 Å². The molecule has 0 saturated carbocycles. The van der Waals surface area contributed by atoms with Gasteiger partial charge in [0.05, 0.1) is 26.4 Å². The smallest absolute Gasteiger partial charge is 0.462 e. The van der Waals surface area contributed by atoms with Gasteiger partial charge in [0.1, 0.15) is 19.3 Å². The van der Waals surface area contributed by atoms with Crippen LogP contribution in [0.15, 0.2) is 0 Å². The summed E-state index contributed by atoms with van der Waals surface area (Å²) in [6, 6.07) is 0. The van der Waals surface area contributed by atoms with Crippen LogP contribution >= 0.6 is 15.6 Å². The van der Waals surface area contributed by atoms with E-state index < -0.39 is 97.5 Å². The Bertz CT molecular complexity index is 1780. The molecule has 2 unspecified atom stereocenters. The Balaban J connectivity index is 5.23. The van der Waals surface area contributed by atoms with Crippen molar-refractivity contribution in [2.75, 3.05) is 39.6 Å². The summed E-state index contributed by atoms with van der Waals surface area (Å²) in [7, 11) is -9.90. The Morgan fingerprint density at radius 3 is 0.747 bits per heavy atom. The first-order chi connectivity index (χ1) is 43.7. The molecule has 0 aromatic heterocycles. The molecule has 0 heterocycles. The second kappa shape index (κ2) is 62.8. The summed E-state index contributed by atoms with van der Waals surface area (Å²) in [4.78, 5) is 72.6. The third kappa shape index (κ3) is 66.5. The van der Waals surface area contributed by atoms with Gasteiger partial charge >= 0.3 is 39.5 Å². The Kier molecular flexibility index (Phi) is 61.5. The number of esters is 4. The fraction of sp³-hybridized carbons (Fsp3) is 0.944. The predicted molar refractivity (Wildman–Crippen MR) is 368 cm³/mol. The number of aliphatic hydroxyl groups is 1. The van der Waals surface area contributed by atoms with E-state index in [4.69, 9.17) is 37.0 Å². The molecule has 91 heavy (non-hydrogen) atoms. The summed E-state index contributed by atoms with van der Waals surface area (Å²) in [5, 5.41) is 10.6. The average molecular weight is 1340 g/mol. The molecule has 0 aliphatic rings. The van der Waals surface area contributed by atoms with E-state index in [-0.39, 0.29) is 25.7 Å². The lowest BCUT2D eigenvalue weighted by molar-refractivity contribution is -0.161. The monoisotopic (exact) mass is 1340 g/mol. The van der Waals surface area contributed by atoms with E-state index in [0.717, 1.165) is 108 Å². The van der Waals surface area contributed by atoms with Crippen molar-refractivity contribution in [2.45, 2.75) is 381 Å². The summed E-state index contributed by atoms with van der Waals surface area (Å²) in [5.41, 5.74) is 0. The van der Waals surface area contributed by atoms with Crippen molar-refractivity contribution < 1.29 is 80.2 Å². The maximum Gasteiger partial charge on any atom is 0.472 e. The molecule has 0 aliphatic heterocycles. The highest BCUT2D eigenvalue weighted by atomic mass is 31.2. The number of unbranched alkanes of at least 4 members (excludes halogenated alkanes) is 38. The minimum Gasteiger partial charge on any atom is -0.462 e. The molecule has 540 valence electrons. The Hall–Kier alpha value is -1.94. The van der Waals surface area contributed by atoms with Gasteiger partial charge in [-0.1, -0.05) is 312 Å². The SMILES string of the molecule is CCCCCCCCCCCCC(=O)OC[C@H](COP(=O)(O)OC[C@H](O)COP(=O)(O)OC[C@@H](COC(=O)CCCCCCCCCCCC(C)C)OC(=O)CCCCCCCCCCCCCCCCCC(C)C)OC(=O)CCCCCCCCCCC(C)C. The molecule has 0 aromatic rings. The van der Waals surface area contributed by atoms with Gasteiger partial charge in [-0.05, 0) is 43.4 Å². The number of hydrogen-bond donors (Lipinski definition) is 3. The third-order valence-electron chi connectivity index (χ3n) is 16.6. The lowest BCUT2D eigenvalue weighted by Gasteiger charge is -2.21. The number of carbonyl (C=O) groups is 4. The summed E-state index contributed by atoms with van der Waals surface area (Å²) >= 11 is 0. The van der Waals surface area contributed by atoms with Crippen LogP contribution in [0.1, 0.15) is 363 Å². The molecule has 0 aromatic carbocycles. The van der Waals surface area contributed by atoms with E-state index in [1.54, 1.807) is 0 Å². The molecule has 0 radical (unpaired) electrons. The van der Waals surface area contributed by atoms with Crippen molar-refractivity contribution in [3.05, 3.63) is 0 Å². The van der Waals surface area contributed by atoms with Gasteiger partial charge in [-0.3, -0.25) is 37.3 Å². The zero-order valence-corrected chi connectivity index (χ0v) is 61.1. The summed E-state index contributed by atoms with van der Waals surface area (Å²) < 4.78 is 68.3. The Labute approximate surface area is 556 Å². The first-order valence-corrected chi connectivity index (χ1v) is 40.3. The summed E-state index contributed by atoms with van der Waals surface area (Å²) in [6.45, 7) is 11.8. The maximum absolute atomic E-state index is 13.0. The minimum atomic E-state index is -4.95. The topological polar surface area (TPSA) is 237 Å². The van der Waals surface area contributed by atoms with Gasteiger partial charge in [-0.2, -0.15) is 0 Å². The molecular weight excluding hydrogens is 1200 g/mol. The van der Waals surface area contributed by atoms with Crippen LogP contribution in [0.25, 0.3) is 0 Å². The van der Waals surface area contributed by atoms with Crippen LogP contribution < -0.4 is 0 Å². The number of phosphoric ester groups is 2. The lowest BCUT2D eigenvalue weighted by Crippen LogP contribution is -2.30. The van der Waals surface area contributed by atoms with E-state index >= 15 is 0 Å². The average Bonchev–Trinajstić information content (AvgIpc) is 3.50. The molecule has 0 saturated heterocycles. The maximum atomic E-state index is 13.0. The van der Waals surface area contributed by atoms with Gasteiger partial charge < -0.3 is 33.8 Å². The van der Waals surface area contributed by atoms with Crippen LogP contribution in [0, 0.1) is 17.8 Å². The quantitative estimate of drug-likeness (QED) is 0.0222. The molecule has 0 bridgehead atoms. The number of carbonyl (C=O) groups excluding carboxylic acids is 4. The van der Waals surface area contributed by atoms with Crippen LogP contribution in [0.2, 0.25) is 0 Å². The normalized spacial score (nSPS) is 14.2. The lowest BCUT2D eigenvalue weighted by atomic mass is 10.0. The van der Waals surface area contributed by atoms with Crippen molar-refractivity contribution in [3.63, 3.8) is 0 Å². The molecule has 3 N–H and O–H groups in total. The Morgan fingerprint density at radius 2 is 0.505 bits per heavy atom. The summed E-state index contributed by atoms with van der Waals surface area (Å²) in [5.74, 6) is 0.140. The highest BCUT2D eigenvalue weighted by molar-refractivity contribution is 7.47. The standard InChI is InChI=1S/C72H140O17P2/c1-8-9-10-11-12-13-24-32-39-46-53-69(74)82-60-68(89-72(77)56-49-42-35-28-27-31-38-45-52-65(6)7)62-87-91(80,81)85-58-66(73)57-84-90(78,79)86-61-67(59-83-70(75)54-47-40-33-26-21-23-30-37-44-51-64(4)5)88-71(76)55-48-41-34-25-20-18-16-14-15-17-19-22-29-36-43-50-63(2)3/h63-68,73H,8-62H2,1-7H3,(H,78,79)(H,80,81)/t66-,67-,68-/m1/s1. The molecule has 0 amide bonds. The second-order valence-corrected chi connectivity index (χ2v) is 30.3. The van der Waals surface area contributed by atoms with Crippen LogP contribution in [0.5, 0.6) is 0 Å². The number of rotatable bonds is 70. The fourth-order valence-corrected chi connectivity index (χ4v) is 12.5. The second-order valence-electron chi connectivity index (χ2n) is 27.4. The molecule has 0 aliphatic carbocycles. The van der Waals surface area contributed by atoms with Crippen LogP contribution in [-0.4, -0.2) is 96.7 Å². The molecule has 0 fully saturated rings. The van der Waals surface area contributed by atoms with E-state index in [1.165, 1.54) is 173 Å². The van der Waals surface area contributed by atoms with Gasteiger partial charge in [0.15, 0.2) is 12.2 Å². The fourth-order valence-electron chi connectivity index (χ4n) is 10.9. The van der Waals surface area contributed by atoms with Crippen molar-refractivity contribution in [1.29, 1.82) is 0 Å². The van der Waals surface area contributed by atoms with E-state index in [2.05, 4.69) is 48.5 Å². The molecule has 0 rings (SSSR count). The first kappa shape index (κ1) is 89.1. The van der Waals surface area contributed by atoms with E-state index in [0.29, 0.717) is 25.7 Å². The Morgan fingerprint density at radius 1 is 0.297 bits per heavy atom. The minimum absolute atomic E-state index is 0.104. The number of aliphatic hydroxyl groups excluding tert-OH is 1. The van der Waals surface area contributed by atoms with Crippen molar-refractivity contribution >= 4 is 39.5 Å². The molecule has 17 nitrogen and oxygen atoms in total. The zero-order valence-electron chi connectivity index (χ0n) is 59.3. The number of phosphoric acid groups is 2. The van der Waals surface area contributed by atoms with Crippen LogP contribution in [-0.2, 0) is 65.4 Å². The number of ether oxygens (including phenoxy) is 4. The molecule has 19 heteroatoms. The van der Waals surface area contributed by atoms with Crippen molar-refractivity contribution in [2.24, 2.45) is 17.8 Å². The molecule has 5 atom stereocenters. The van der Waals surface area contributed by atoms with E-state index in [1.807, 2.05) is 0 Å². The zero-order chi connectivity index (χ0) is 67.3. The number of hydrogen-bond acceptors (Lipinski definition) is 15. The van der Waals surface area contributed by atoms with Gasteiger partial charge in [0.25, 0.3) is 0 Å². The first-order valence-electron chi connectivity index (χ1n) is 37.3. The van der Waals surface area contributed by atoms with Gasteiger partial charge in [0, 0.05) is 25.7 Å². The highest BCUT2D eigenvalue weighted by Crippen LogP contribution is 2.45. The molecular formula is C72H140O17P2. The van der Waals surface area contributed by atoms with Crippen LogP contribution in [0.3, 0.4) is 0 Å². The van der Waals surface area contributed by atoms with Crippen molar-refractivity contribution in [1.82, 2.24) is 0 Å². The van der Waals surface area contributed by atoms with Crippen LogP contribution in [0.4, 0.5) is 0 Å². The highest BCUT2D eigenvalue weighted by Gasteiger charge is 2.30. The largest absolute Gasteiger partial charge is 0.472 e. The van der Waals surface area contributed by atoms with Crippen molar-refractivity contribution in [3.8, 4) is 0 Å². The predicted octanol–water partition coefficient (Wildman–Crippen LogP) is 20.6.